The maximum Gasteiger partial charge on any atom is 0.254 e. The third-order valence-electron chi connectivity index (χ3n) is 4.62. The second kappa shape index (κ2) is 7.51. The molecule has 7 heteroatoms. The first-order valence-electron chi connectivity index (χ1n) is 8.71. The van der Waals surface area contributed by atoms with Crippen molar-refractivity contribution in [3.05, 3.63) is 52.8 Å². The number of ether oxygens (including phenoxy) is 2. The molecule has 2 aliphatic heterocycles. The van der Waals surface area contributed by atoms with E-state index in [4.69, 9.17) is 21.1 Å². The molecule has 0 spiro atoms. The molecular formula is C19H20ClN3O3. The first-order valence-corrected chi connectivity index (χ1v) is 9.09. The van der Waals surface area contributed by atoms with Gasteiger partial charge in [-0.25, -0.2) is 0 Å². The predicted octanol–water partition coefficient (Wildman–Crippen LogP) is 2.46. The highest BCUT2D eigenvalue weighted by atomic mass is 35.5. The topological polar surface area (TPSA) is 54.9 Å². The zero-order valence-electron chi connectivity index (χ0n) is 14.4. The van der Waals surface area contributed by atoms with Crippen molar-refractivity contribution in [2.45, 2.75) is 6.54 Å². The molecule has 2 aliphatic rings. The Morgan fingerprint density at radius 2 is 1.92 bits per heavy atom. The number of rotatable bonds is 3. The second-order valence-electron chi connectivity index (χ2n) is 6.37. The molecule has 4 rings (SSSR count). The van der Waals surface area contributed by atoms with E-state index in [1.54, 1.807) is 18.3 Å². The minimum Gasteiger partial charge on any atom is -0.486 e. The van der Waals surface area contributed by atoms with Crippen molar-refractivity contribution in [2.24, 2.45) is 0 Å². The number of hydrogen-bond acceptors (Lipinski definition) is 5. The number of hydrogen-bond donors (Lipinski definition) is 0. The van der Waals surface area contributed by atoms with Gasteiger partial charge in [0.15, 0.2) is 11.5 Å². The van der Waals surface area contributed by atoms with E-state index in [0.29, 0.717) is 48.4 Å². The first-order chi connectivity index (χ1) is 12.7. The van der Waals surface area contributed by atoms with Gasteiger partial charge >= 0.3 is 0 Å². The van der Waals surface area contributed by atoms with Crippen molar-refractivity contribution < 1.29 is 14.3 Å². The minimum absolute atomic E-state index is 0.0265. The molecule has 0 saturated carbocycles. The smallest absolute Gasteiger partial charge is 0.254 e. The van der Waals surface area contributed by atoms with Crippen molar-refractivity contribution in [2.75, 3.05) is 39.4 Å². The summed E-state index contributed by atoms with van der Waals surface area (Å²) in [5, 5.41) is 0.416. The van der Waals surface area contributed by atoms with E-state index in [-0.39, 0.29) is 5.91 Å². The summed E-state index contributed by atoms with van der Waals surface area (Å²) in [4.78, 5) is 21.4. The fourth-order valence-corrected chi connectivity index (χ4v) is 3.51. The molecule has 26 heavy (non-hydrogen) atoms. The van der Waals surface area contributed by atoms with Crippen LogP contribution in [0.1, 0.15) is 16.1 Å². The molecule has 1 aromatic carbocycles. The number of halogens is 1. The normalized spacial score (nSPS) is 17.2. The van der Waals surface area contributed by atoms with Crippen LogP contribution in [0.4, 0.5) is 0 Å². The summed E-state index contributed by atoms with van der Waals surface area (Å²) < 4.78 is 11.1. The molecule has 1 fully saturated rings. The van der Waals surface area contributed by atoms with Gasteiger partial charge in [-0.05, 0) is 24.3 Å². The number of piperazine rings is 1. The molecule has 0 aliphatic carbocycles. The molecule has 6 nitrogen and oxygen atoms in total. The Labute approximate surface area is 157 Å². The molecule has 1 saturated heterocycles. The lowest BCUT2D eigenvalue weighted by atomic mass is 10.1. The van der Waals surface area contributed by atoms with Crippen LogP contribution in [0, 0.1) is 0 Å². The molecule has 1 aromatic heterocycles. The monoisotopic (exact) mass is 373 g/mol. The average Bonchev–Trinajstić information content (AvgIpc) is 2.69. The van der Waals surface area contributed by atoms with Gasteiger partial charge in [0.25, 0.3) is 5.91 Å². The van der Waals surface area contributed by atoms with Crippen LogP contribution in [-0.2, 0) is 6.54 Å². The Hall–Kier alpha value is -2.31. The van der Waals surface area contributed by atoms with E-state index in [9.17, 15) is 4.79 Å². The van der Waals surface area contributed by atoms with E-state index in [0.717, 1.165) is 25.3 Å². The zero-order valence-corrected chi connectivity index (χ0v) is 15.1. The maximum atomic E-state index is 12.8. The molecule has 1 amide bonds. The van der Waals surface area contributed by atoms with Crippen molar-refractivity contribution in [3.8, 4) is 11.5 Å². The first kappa shape index (κ1) is 17.1. The van der Waals surface area contributed by atoms with Crippen molar-refractivity contribution in [1.82, 2.24) is 14.8 Å². The fourth-order valence-electron chi connectivity index (χ4n) is 3.25. The van der Waals surface area contributed by atoms with Gasteiger partial charge in [0.2, 0.25) is 0 Å². The number of fused-ring (bicyclic) bond motifs is 1. The summed E-state index contributed by atoms with van der Waals surface area (Å²) in [6.07, 6.45) is 1.81. The van der Waals surface area contributed by atoms with Crippen LogP contribution in [0.25, 0.3) is 0 Å². The Balaban J connectivity index is 1.40. The largest absolute Gasteiger partial charge is 0.486 e. The number of benzene rings is 1. The highest BCUT2D eigenvalue weighted by Crippen LogP contribution is 2.38. The van der Waals surface area contributed by atoms with E-state index in [1.165, 1.54) is 0 Å². The number of amides is 1. The quantitative estimate of drug-likeness (QED) is 0.827. The third-order valence-corrected chi connectivity index (χ3v) is 4.90. The zero-order chi connectivity index (χ0) is 17.9. The molecular weight excluding hydrogens is 354 g/mol. The van der Waals surface area contributed by atoms with Gasteiger partial charge in [-0.2, -0.15) is 0 Å². The number of nitrogens with zero attached hydrogens (tertiary/aromatic N) is 3. The molecule has 0 atom stereocenters. The summed E-state index contributed by atoms with van der Waals surface area (Å²) in [5.41, 5.74) is 1.59. The Bertz CT molecular complexity index is 792. The lowest BCUT2D eigenvalue weighted by molar-refractivity contribution is 0.0626. The van der Waals surface area contributed by atoms with Gasteiger partial charge in [-0.15, -0.1) is 0 Å². The highest BCUT2D eigenvalue weighted by molar-refractivity contribution is 6.32. The highest BCUT2D eigenvalue weighted by Gasteiger charge is 2.25. The number of carbonyl (C=O) groups excluding carboxylic acids is 1. The minimum atomic E-state index is -0.0265. The molecule has 0 bridgehead atoms. The lowest BCUT2D eigenvalue weighted by Crippen LogP contribution is -2.48. The summed E-state index contributed by atoms with van der Waals surface area (Å²) in [6.45, 7) is 4.74. The fraction of sp³-hybridized carbons (Fsp3) is 0.368. The van der Waals surface area contributed by atoms with Crippen LogP contribution in [-0.4, -0.2) is 60.1 Å². The van der Waals surface area contributed by atoms with Crippen LogP contribution in [0.5, 0.6) is 11.5 Å². The second-order valence-corrected chi connectivity index (χ2v) is 6.78. The van der Waals surface area contributed by atoms with E-state index in [2.05, 4.69) is 9.88 Å². The van der Waals surface area contributed by atoms with Gasteiger partial charge in [0, 0.05) is 44.5 Å². The van der Waals surface area contributed by atoms with Gasteiger partial charge in [-0.3, -0.25) is 14.7 Å². The van der Waals surface area contributed by atoms with E-state index < -0.39 is 0 Å². The van der Waals surface area contributed by atoms with Crippen LogP contribution in [0.15, 0.2) is 36.5 Å². The Morgan fingerprint density at radius 1 is 1.12 bits per heavy atom. The van der Waals surface area contributed by atoms with Gasteiger partial charge in [-0.1, -0.05) is 17.7 Å². The van der Waals surface area contributed by atoms with Gasteiger partial charge in [0.05, 0.1) is 10.7 Å². The van der Waals surface area contributed by atoms with Gasteiger partial charge in [0.1, 0.15) is 13.2 Å². The van der Waals surface area contributed by atoms with Crippen LogP contribution in [0.3, 0.4) is 0 Å². The number of carbonyl (C=O) groups is 1. The summed E-state index contributed by atoms with van der Waals surface area (Å²) in [7, 11) is 0. The van der Waals surface area contributed by atoms with E-state index >= 15 is 0 Å². The Kier molecular flexibility index (Phi) is 4.95. The lowest BCUT2D eigenvalue weighted by Gasteiger charge is -2.34. The van der Waals surface area contributed by atoms with Crippen LogP contribution in [0.2, 0.25) is 5.02 Å². The van der Waals surface area contributed by atoms with E-state index in [1.807, 2.05) is 23.1 Å². The maximum absolute atomic E-state index is 12.8. The number of pyridine rings is 1. The summed E-state index contributed by atoms with van der Waals surface area (Å²) in [6, 6.07) is 9.32. The van der Waals surface area contributed by atoms with Crippen LogP contribution < -0.4 is 9.47 Å². The van der Waals surface area contributed by atoms with Crippen molar-refractivity contribution >= 4 is 17.5 Å². The Morgan fingerprint density at radius 3 is 2.69 bits per heavy atom. The summed E-state index contributed by atoms with van der Waals surface area (Å²) in [5.74, 6) is 1.04. The predicted molar refractivity (Wildman–Crippen MR) is 97.9 cm³/mol. The molecule has 136 valence electrons. The van der Waals surface area contributed by atoms with Gasteiger partial charge < -0.3 is 14.4 Å². The molecule has 0 unspecified atom stereocenters. The van der Waals surface area contributed by atoms with Crippen molar-refractivity contribution in [3.63, 3.8) is 0 Å². The average molecular weight is 374 g/mol. The van der Waals surface area contributed by atoms with Crippen molar-refractivity contribution in [1.29, 1.82) is 0 Å². The number of aromatic nitrogens is 1. The molecule has 2 aromatic rings. The molecule has 0 N–H and O–H groups in total. The van der Waals surface area contributed by atoms with Crippen LogP contribution >= 0.6 is 11.6 Å². The standard InChI is InChI=1S/C19H20ClN3O3/c20-16-11-14(12-17-18(16)26-10-9-25-17)19(24)23-7-5-22(6-8-23)13-15-3-1-2-4-21-15/h1-4,11-12H,5-10,13H2. The third kappa shape index (κ3) is 3.61. The molecule has 0 radical (unpaired) electrons. The SMILES string of the molecule is O=C(c1cc(Cl)c2c(c1)OCCO2)N1CCN(Cc2ccccn2)CC1. The summed E-state index contributed by atoms with van der Waals surface area (Å²) >= 11 is 6.25. The molecule has 3 heterocycles.